The van der Waals surface area contributed by atoms with Crippen molar-refractivity contribution in [1.29, 1.82) is 0 Å². The van der Waals surface area contributed by atoms with Gasteiger partial charge in [-0.3, -0.25) is 0 Å². The average Bonchev–Trinajstić information content (AvgIpc) is 3.30. The first-order chi connectivity index (χ1) is 17.2. The van der Waals surface area contributed by atoms with Gasteiger partial charge in [-0.15, -0.1) is 0 Å². The fourth-order valence-corrected chi connectivity index (χ4v) is 31.6. The van der Waals surface area contributed by atoms with Crippen LogP contribution in [0, 0.1) is 0 Å². The molecule has 0 unspecified atom stereocenters. The topological polar surface area (TPSA) is 46.1 Å². The van der Waals surface area contributed by atoms with Crippen LogP contribution >= 0.6 is 0 Å². The third-order valence-electron chi connectivity index (χ3n) is 7.79. The maximum absolute atomic E-state index is 8.25. The van der Waals surface area contributed by atoms with Gasteiger partial charge in [-0.25, -0.2) is 0 Å². The van der Waals surface area contributed by atoms with Gasteiger partial charge in [0, 0.05) is 0 Å². The average molecular weight is 673 g/mol. The Balaban J connectivity index is 0.00000344. The van der Waals surface area contributed by atoms with E-state index in [0.29, 0.717) is 0 Å². The molecule has 0 amide bonds. The van der Waals surface area contributed by atoms with Crippen LogP contribution in [0.4, 0.5) is 0 Å². The van der Waals surface area contributed by atoms with E-state index in [1.165, 1.54) is 12.8 Å². The molecule has 2 nitrogen and oxygen atoms in total. The Morgan fingerprint density at radius 1 is 0.359 bits per heavy atom. The first-order valence-corrected chi connectivity index (χ1v) is 37.3. The van der Waals surface area contributed by atoms with E-state index in [-0.39, 0.29) is 19.2 Å². The molecule has 2 rings (SSSR count). The Hall–Kier alpha value is 0.896. The zero-order valence-corrected chi connectivity index (χ0v) is 37.3. The summed E-state index contributed by atoms with van der Waals surface area (Å²) in [6, 6.07) is 0. The van der Waals surface area contributed by atoms with Crippen LogP contribution < -0.4 is 10.2 Å². The van der Waals surface area contributed by atoms with E-state index in [0.717, 1.165) is 14.2 Å². The van der Waals surface area contributed by atoms with Crippen molar-refractivity contribution in [3.8, 4) is 0 Å². The zero-order chi connectivity index (χ0) is 31.7. The summed E-state index contributed by atoms with van der Waals surface area (Å²) in [5.74, 6) is 0. The summed E-state index contributed by atoms with van der Waals surface area (Å²) in [5.41, 5.74) is 0. The Morgan fingerprint density at radius 2 is 0.564 bits per heavy atom. The van der Waals surface area contributed by atoms with Gasteiger partial charge < -0.3 is 10.2 Å². The van der Waals surface area contributed by atoms with E-state index < -0.39 is 48.4 Å². The summed E-state index contributed by atoms with van der Waals surface area (Å²) in [7, 11) is -6.86. The molecule has 0 saturated carbocycles. The molecule has 0 radical (unpaired) electrons. The summed E-state index contributed by atoms with van der Waals surface area (Å²) in [6.45, 7) is 47.6. The van der Waals surface area contributed by atoms with Crippen molar-refractivity contribution >= 4 is 48.4 Å². The van der Waals surface area contributed by atoms with Gasteiger partial charge in [0.25, 0.3) is 0 Å². The molecular weight excluding hydrogens is 609 g/mol. The molecule has 0 heterocycles. The van der Waals surface area contributed by atoms with Crippen molar-refractivity contribution in [1.82, 2.24) is 0 Å². The van der Waals surface area contributed by atoms with E-state index in [1.54, 1.807) is 0 Å². The molecule has 0 N–H and O–H groups in total. The van der Waals surface area contributed by atoms with Crippen LogP contribution in [0.5, 0.6) is 0 Å². The molecule has 2 aliphatic rings. The molecule has 0 aromatic carbocycles. The third kappa shape index (κ3) is 9.96. The predicted octanol–water partition coefficient (Wildman–Crippen LogP) is 8.20. The van der Waals surface area contributed by atoms with Gasteiger partial charge in [0.05, 0.1) is 0 Å². The molecule has 0 spiro atoms. The first-order valence-electron chi connectivity index (χ1n) is 14.7. The maximum atomic E-state index is 8.25. The summed E-state index contributed by atoms with van der Waals surface area (Å²) >= 11 is -0.321. The fraction of sp³-hybridized carbons (Fsp3) is 0.733. The van der Waals surface area contributed by atoms with E-state index in [1.807, 2.05) is 38.9 Å². The van der Waals surface area contributed by atoms with Crippen LogP contribution in [-0.4, -0.2) is 62.7 Å². The number of rotatable bonds is 8. The first kappa shape index (κ1) is 39.9. The Labute approximate surface area is 259 Å². The van der Waals surface area contributed by atoms with E-state index in [2.05, 4.69) is 118 Å². The van der Waals surface area contributed by atoms with Gasteiger partial charge in [0.1, 0.15) is 0 Å². The number of hydrogen-bond donors (Lipinski definition) is 0. The molecule has 9 heteroatoms. The van der Waals surface area contributed by atoms with Gasteiger partial charge >= 0.3 is 237 Å². The van der Waals surface area contributed by atoms with Crippen molar-refractivity contribution in [2.45, 2.75) is 131 Å². The molecular formula is C30H64O2Si6Ti. The van der Waals surface area contributed by atoms with Crippen molar-refractivity contribution in [3.63, 3.8) is 0 Å². The second kappa shape index (κ2) is 13.7. The van der Waals surface area contributed by atoms with Crippen molar-refractivity contribution in [2.24, 2.45) is 0 Å². The van der Waals surface area contributed by atoms with E-state index in [4.69, 9.17) is 10.2 Å². The van der Waals surface area contributed by atoms with E-state index >= 15 is 0 Å². The quantitative estimate of drug-likeness (QED) is 0.244. The van der Waals surface area contributed by atoms with E-state index in [9.17, 15) is 0 Å². The van der Waals surface area contributed by atoms with Crippen LogP contribution in [0.15, 0.2) is 38.9 Å². The minimum absolute atomic E-state index is 0.321. The molecule has 39 heavy (non-hydrogen) atoms. The SMILES string of the molecule is C[O-].C[O-].C[Si](C)(C)C1=[C]([Ti+2][C]2=C([Si](C)(C)C)CC([Si](C)(C)C)=C2[Si](C)(C)C)C([Si](C)(C)C)=C([Si](C)(C)C)C1. The zero-order valence-electron chi connectivity index (χ0n) is 29.7. The van der Waals surface area contributed by atoms with Crippen LogP contribution in [0.3, 0.4) is 0 Å². The standard InChI is InChI=1S/2C14H29Si3.2CH3O.Ti/c2*1-15(2,3)12-10-13(16(4,5)6)14(11-12)17(7,8)9;2*1-2;/h2*10H2,1-9H3;2*1H3;/q;;2*-1;+2. The fourth-order valence-electron chi connectivity index (χ4n) is 5.93. The summed E-state index contributed by atoms with van der Waals surface area (Å²) in [6.07, 6.45) is 2.71. The third-order valence-corrected chi connectivity index (χ3v) is 25.4. The van der Waals surface area contributed by atoms with Gasteiger partial charge in [-0.05, 0) is 0 Å². The second-order valence-corrected chi connectivity index (χ2v) is 49.8. The van der Waals surface area contributed by atoms with Crippen LogP contribution in [0.2, 0.25) is 118 Å². The Kier molecular flexibility index (Phi) is 14.0. The molecule has 0 saturated heterocycles. The molecule has 224 valence electrons. The summed E-state index contributed by atoms with van der Waals surface area (Å²) in [5, 5.41) is 28.3. The Morgan fingerprint density at radius 3 is 0.718 bits per heavy atom. The van der Waals surface area contributed by atoms with Gasteiger partial charge in [0.15, 0.2) is 0 Å². The minimum atomic E-state index is -1.44. The molecule has 2 aliphatic carbocycles. The van der Waals surface area contributed by atoms with Gasteiger partial charge in [0.2, 0.25) is 0 Å². The number of allylic oxidation sites excluding steroid dienone is 8. The monoisotopic (exact) mass is 672 g/mol. The van der Waals surface area contributed by atoms with Crippen molar-refractivity contribution in [2.75, 3.05) is 14.2 Å². The van der Waals surface area contributed by atoms with Crippen LogP contribution in [-0.2, 0) is 19.2 Å². The molecule has 0 aromatic rings. The molecule has 0 bridgehead atoms. The van der Waals surface area contributed by atoms with Gasteiger partial charge in [-0.1, -0.05) is 0 Å². The normalized spacial score (nSPS) is 17.8. The van der Waals surface area contributed by atoms with Crippen LogP contribution in [0.1, 0.15) is 12.8 Å². The molecule has 0 fully saturated rings. The predicted molar refractivity (Wildman–Crippen MR) is 189 cm³/mol. The van der Waals surface area contributed by atoms with Gasteiger partial charge in [-0.2, -0.15) is 14.2 Å². The summed E-state index contributed by atoms with van der Waals surface area (Å²) in [4.78, 5) is 0. The summed E-state index contributed by atoms with van der Waals surface area (Å²) < 4.78 is 4.00. The molecule has 0 aromatic heterocycles. The Bertz CT molecular complexity index is 929. The second-order valence-electron chi connectivity index (χ2n) is 17.4. The van der Waals surface area contributed by atoms with Crippen molar-refractivity contribution in [3.05, 3.63) is 38.9 Å². The molecule has 0 atom stereocenters. The number of hydrogen-bond acceptors (Lipinski definition) is 2. The molecule has 0 aliphatic heterocycles. The van der Waals surface area contributed by atoms with Crippen LogP contribution in [0.25, 0.3) is 0 Å². The van der Waals surface area contributed by atoms with Crippen molar-refractivity contribution < 1.29 is 29.4 Å².